The largest absolute Gasteiger partial charge is 0.497 e. The smallest absolute Gasteiger partial charge is 0.311 e. The summed E-state index contributed by atoms with van der Waals surface area (Å²) in [5.74, 6) is 0.166. The van der Waals surface area contributed by atoms with Crippen LogP contribution in [0.4, 0.5) is 5.69 Å². The van der Waals surface area contributed by atoms with Crippen molar-refractivity contribution in [2.45, 2.75) is 26.7 Å². The average Bonchev–Trinajstić information content (AvgIpc) is 3.05. The second-order valence-corrected chi connectivity index (χ2v) is 8.02. The quantitative estimate of drug-likeness (QED) is 0.331. The fourth-order valence-electron chi connectivity index (χ4n) is 3.59. The van der Waals surface area contributed by atoms with E-state index in [4.69, 9.17) is 18.9 Å². The van der Waals surface area contributed by atoms with Crippen LogP contribution in [0.25, 0.3) is 0 Å². The second-order valence-electron chi connectivity index (χ2n) is 8.02. The molecule has 1 aliphatic heterocycles. The molecule has 0 atom stereocenters. The van der Waals surface area contributed by atoms with Crippen molar-refractivity contribution in [2.75, 3.05) is 32.8 Å². The number of rotatable bonds is 9. The van der Waals surface area contributed by atoms with Crippen LogP contribution in [0.3, 0.4) is 0 Å². The first-order chi connectivity index (χ1) is 15.2. The fraction of sp³-hybridized carbons (Fsp3) is 0.375. The molecule has 170 valence electrons. The molecule has 1 aliphatic rings. The van der Waals surface area contributed by atoms with E-state index in [9.17, 15) is 14.4 Å². The van der Waals surface area contributed by atoms with Crippen molar-refractivity contribution in [1.82, 2.24) is 0 Å². The van der Waals surface area contributed by atoms with E-state index in [-0.39, 0.29) is 22.8 Å². The van der Waals surface area contributed by atoms with E-state index in [0.29, 0.717) is 36.6 Å². The molecule has 3 rings (SSSR count). The highest BCUT2D eigenvalue weighted by Crippen LogP contribution is 2.37. The molecule has 0 N–H and O–H groups in total. The van der Waals surface area contributed by atoms with Gasteiger partial charge in [-0.2, -0.15) is 0 Å². The Morgan fingerprint density at radius 3 is 2.22 bits per heavy atom. The van der Waals surface area contributed by atoms with Gasteiger partial charge in [0.1, 0.15) is 17.2 Å². The molecule has 0 aromatic heterocycles. The van der Waals surface area contributed by atoms with E-state index in [0.717, 1.165) is 4.90 Å². The van der Waals surface area contributed by atoms with Crippen LogP contribution in [0.15, 0.2) is 36.4 Å². The molecule has 0 aliphatic carbocycles. The number of amides is 2. The highest BCUT2D eigenvalue weighted by atomic mass is 16.5. The highest BCUT2D eigenvalue weighted by Gasteiger charge is 2.40. The van der Waals surface area contributed by atoms with Gasteiger partial charge in [0.2, 0.25) is 0 Å². The summed E-state index contributed by atoms with van der Waals surface area (Å²) in [6.07, 6.45) is 1.29. The van der Waals surface area contributed by atoms with Crippen LogP contribution in [0.1, 0.15) is 47.4 Å². The Morgan fingerprint density at radius 1 is 0.938 bits per heavy atom. The number of methoxy groups -OCH3 is 3. The Kier molecular flexibility index (Phi) is 6.72. The molecule has 0 saturated heterocycles. The molecular weight excluding hydrogens is 414 g/mol. The fourth-order valence-corrected chi connectivity index (χ4v) is 3.59. The van der Waals surface area contributed by atoms with E-state index in [1.165, 1.54) is 27.4 Å². The number of hydrogen-bond donors (Lipinski definition) is 0. The van der Waals surface area contributed by atoms with Gasteiger partial charge in [-0.25, -0.2) is 4.90 Å². The number of carbonyl (C=O) groups excluding carboxylic acids is 3. The molecule has 32 heavy (non-hydrogen) atoms. The first kappa shape index (κ1) is 23.1. The summed E-state index contributed by atoms with van der Waals surface area (Å²) in [6, 6.07) is 9.81. The lowest BCUT2D eigenvalue weighted by molar-refractivity contribution is -0.151. The van der Waals surface area contributed by atoms with E-state index in [2.05, 4.69) is 0 Å². The summed E-state index contributed by atoms with van der Waals surface area (Å²) in [4.78, 5) is 38.8. The monoisotopic (exact) mass is 441 g/mol. The summed E-state index contributed by atoms with van der Waals surface area (Å²) in [5.41, 5.74) is 0.306. The van der Waals surface area contributed by atoms with Gasteiger partial charge in [0.25, 0.3) is 11.8 Å². The van der Waals surface area contributed by atoms with Crippen LogP contribution in [0, 0.1) is 5.41 Å². The van der Waals surface area contributed by atoms with Crippen molar-refractivity contribution in [3.05, 3.63) is 47.5 Å². The maximum atomic E-state index is 13.0. The molecule has 0 bridgehead atoms. The van der Waals surface area contributed by atoms with Crippen molar-refractivity contribution >= 4 is 23.5 Å². The number of imide groups is 1. The Hall–Kier alpha value is -3.55. The van der Waals surface area contributed by atoms with Crippen LogP contribution >= 0.6 is 0 Å². The number of hydrogen-bond acceptors (Lipinski definition) is 7. The van der Waals surface area contributed by atoms with Gasteiger partial charge in [-0.3, -0.25) is 14.4 Å². The van der Waals surface area contributed by atoms with Gasteiger partial charge in [-0.1, -0.05) is 0 Å². The Bertz CT molecular complexity index is 1030. The lowest BCUT2D eigenvalue weighted by Crippen LogP contribution is -2.29. The Labute approximate surface area is 187 Å². The van der Waals surface area contributed by atoms with Gasteiger partial charge in [-0.05, 0) is 57.0 Å². The number of anilines is 1. The predicted molar refractivity (Wildman–Crippen MR) is 118 cm³/mol. The molecular formula is C24H27NO7. The molecule has 8 heteroatoms. The summed E-state index contributed by atoms with van der Waals surface area (Å²) >= 11 is 0. The Balaban J connectivity index is 1.68. The number of benzene rings is 2. The number of carbonyl (C=O) groups is 3. The zero-order valence-corrected chi connectivity index (χ0v) is 18.9. The van der Waals surface area contributed by atoms with Crippen LogP contribution in [-0.4, -0.2) is 45.7 Å². The van der Waals surface area contributed by atoms with Crippen LogP contribution in [-0.2, 0) is 9.53 Å². The van der Waals surface area contributed by atoms with Crippen LogP contribution < -0.4 is 19.1 Å². The summed E-state index contributed by atoms with van der Waals surface area (Å²) < 4.78 is 21.0. The van der Waals surface area contributed by atoms with Gasteiger partial charge in [0.15, 0.2) is 0 Å². The lowest BCUT2D eigenvalue weighted by Gasteiger charge is -2.21. The third-order valence-electron chi connectivity index (χ3n) is 5.43. The maximum Gasteiger partial charge on any atom is 0.311 e. The number of fused-ring (bicyclic) bond motifs is 1. The van der Waals surface area contributed by atoms with Gasteiger partial charge < -0.3 is 18.9 Å². The zero-order chi connectivity index (χ0) is 23.5. The normalized spacial score (nSPS) is 13.1. The first-order valence-corrected chi connectivity index (χ1v) is 10.2. The Morgan fingerprint density at radius 2 is 1.62 bits per heavy atom. The molecule has 8 nitrogen and oxygen atoms in total. The predicted octanol–water partition coefficient (Wildman–Crippen LogP) is 3.86. The molecule has 2 amide bonds. The van der Waals surface area contributed by atoms with Gasteiger partial charge in [0.05, 0.1) is 50.2 Å². The summed E-state index contributed by atoms with van der Waals surface area (Å²) in [6.45, 7) is 4.09. The zero-order valence-electron chi connectivity index (χ0n) is 18.9. The summed E-state index contributed by atoms with van der Waals surface area (Å²) in [5, 5.41) is 0. The van der Waals surface area contributed by atoms with Crippen molar-refractivity contribution in [1.29, 1.82) is 0 Å². The van der Waals surface area contributed by atoms with E-state index >= 15 is 0 Å². The molecule has 0 radical (unpaired) electrons. The van der Waals surface area contributed by atoms with Crippen molar-refractivity contribution < 1.29 is 33.3 Å². The molecule has 0 unspecified atom stereocenters. The first-order valence-electron chi connectivity index (χ1n) is 10.2. The lowest BCUT2D eigenvalue weighted by atomic mass is 9.88. The average molecular weight is 441 g/mol. The van der Waals surface area contributed by atoms with Crippen molar-refractivity contribution in [2.24, 2.45) is 5.41 Å². The van der Waals surface area contributed by atoms with Crippen molar-refractivity contribution in [3.8, 4) is 17.2 Å². The minimum atomic E-state index is -0.572. The number of nitrogens with zero attached hydrogens (tertiary/aromatic N) is 1. The van der Waals surface area contributed by atoms with Gasteiger partial charge >= 0.3 is 5.97 Å². The minimum Gasteiger partial charge on any atom is -0.497 e. The van der Waals surface area contributed by atoms with Crippen molar-refractivity contribution in [3.63, 3.8) is 0 Å². The van der Waals surface area contributed by atoms with E-state index in [1.54, 1.807) is 30.3 Å². The molecule has 0 fully saturated rings. The molecule has 2 aromatic carbocycles. The molecule has 0 spiro atoms. The highest BCUT2D eigenvalue weighted by molar-refractivity contribution is 6.35. The molecule has 1 heterocycles. The standard InChI is InChI=1S/C24H27NO7/c1-24(2,23(28)31-5)11-6-12-32-16-9-7-15(8-10-16)25-21(26)18-13-17(29-3)14-19(30-4)20(18)22(25)27/h7-10,13-14H,6,11-12H2,1-5H3. The van der Waals surface area contributed by atoms with E-state index in [1.807, 2.05) is 13.8 Å². The summed E-state index contributed by atoms with van der Waals surface area (Å²) in [7, 11) is 4.30. The van der Waals surface area contributed by atoms with Gasteiger partial charge in [-0.15, -0.1) is 0 Å². The topological polar surface area (TPSA) is 91.4 Å². The molecule has 2 aromatic rings. The third kappa shape index (κ3) is 4.39. The number of esters is 1. The minimum absolute atomic E-state index is 0.215. The van der Waals surface area contributed by atoms with Crippen LogP contribution in [0.2, 0.25) is 0 Å². The van der Waals surface area contributed by atoms with E-state index < -0.39 is 17.2 Å². The SMILES string of the molecule is COC(=O)C(C)(C)CCCOc1ccc(N2C(=O)c3cc(OC)cc(OC)c3C2=O)cc1. The second kappa shape index (κ2) is 9.30. The number of ether oxygens (including phenoxy) is 4. The van der Waals surface area contributed by atoms with Gasteiger partial charge in [0, 0.05) is 6.07 Å². The molecule has 0 saturated carbocycles. The third-order valence-corrected chi connectivity index (χ3v) is 5.43. The van der Waals surface area contributed by atoms with Crippen LogP contribution in [0.5, 0.6) is 17.2 Å². The maximum absolute atomic E-state index is 13.0.